The average Bonchev–Trinajstić information content (AvgIpc) is 2.96. The average molecular weight is 455 g/mol. The van der Waals surface area contributed by atoms with Gasteiger partial charge in [0.25, 0.3) is 0 Å². The van der Waals surface area contributed by atoms with Crippen molar-refractivity contribution in [3.63, 3.8) is 0 Å². The van der Waals surface area contributed by atoms with Crippen LogP contribution in [-0.4, -0.2) is 25.3 Å². The first-order valence-corrected chi connectivity index (χ1v) is 11.6. The molecule has 6 heteroatoms. The van der Waals surface area contributed by atoms with Gasteiger partial charge in [-0.25, -0.2) is 0 Å². The van der Waals surface area contributed by atoms with E-state index in [0.717, 1.165) is 12.5 Å². The number of rotatable bonds is 4. The summed E-state index contributed by atoms with van der Waals surface area (Å²) >= 11 is 0. The van der Waals surface area contributed by atoms with Crippen molar-refractivity contribution < 1.29 is 51.6 Å². The summed E-state index contributed by atoms with van der Waals surface area (Å²) < 4.78 is 0. The van der Waals surface area contributed by atoms with E-state index >= 15 is 0 Å². The van der Waals surface area contributed by atoms with Crippen LogP contribution in [0, 0.1) is 0 Å². The Morgan fingerprint density at radius 1 is 1.07 bits per heavy atom. The second-order valence-electron chi connectivity index (χ2n) is 8.40. The van der Waals surface area contributed by atoms with Crippen molar-refractivity contribution in [1.82, 2.24) is 0 Å². The molecule has 4 rings (SSSR count). The Morgan fingerprint density at radius 2 is 1.74 bits per heavy atom. The zero-order valence-electron chi connectivity index (χ0n) is 16.3. The van der Waals surface area contributed by atoms with Gasteiger partial charge in [0.1, 0.15) is 0 Å². The van der Waals surface area contributed by atoms with Gasteiger partial charge in [-0.05, 0) is 27.2 Å². The van der Waals surface area contributed by atoms with Gasteiger partial charge in [-0.1, -0.05) is 42.0 Å². The van der Waals surface area contributed by atoms with Crippen LogP contribution < -0.4 is 40.5 Å². The molecule has 2 nitrogen and oxygen atoms in total. The minimum Gasteiger partial charge on any atom is -1.00 e. The van der Waals surface area contributed by atoms with Crippen LogP contribution in [0.4, 0.5) is 5.69 Å². The Hall–Kier alpha value is -0.419. The molecule has 0 fully saturated rings. The van der Waals surface area contributed by atoms with Crippen molar-refractivity contribution in [3.05, 3.63) is 36.4 Å². The van der Waals surface area contributed by atoms with Crippen molar-refractivity contribution in [2.75, 3.05) is 11.9 Å². The number of hydrogen-bond donors (Lipinski definition) is 2. The molecule has 3 aromatic rings. The fourth-order valence-corrected chi connectivity index (χ4v) is 8.92. The summed E-state index contributed by atoms with van der Waals surface area (Å²) in [7, 11) is -1.56. The van der Waals surface area contributed by atoms with Crippen LogP contribution in [0.25, 0.3) is 21.5 Å². The van der Waals surface area contributed by atoms with Gasteiger partial charge >= 0.3 is 21.7 Å². The van der Waals surface area contributed by atoms with Crippen LogP contribution in [-0.2, 0) is 21.7 Å². The van der Waals surface area contributed by atoms with Gasteiger partial charge in [0.15, 0.2) is 0 Å². The summed E-state index contributed by atoms with van der Waals surface area (Å²) in [6, 6.07) is 14.6. The van der Waals surface area contributed by atoms with Crippen molar-refractivity contribution in [1.29, 1.82) is 0 Å². The van der Waals surface area contributed by atoms with E-state index in [1.807, 2.05) is 0 Å². The van der Waals surface area contributed by atoms with E-state index in [1.54, 1.807) is 10.4 Å². The Labute approximate surface area is 190 Å². The molecule has 0 saturated heterocycles. The van der Waals surface area contributed by atoms with E-state index in [9.17, 15) is 5.11 Å². The van der Waals surface area contributed by atoms with Gasteiger partial charge in [0.2, 0.25) is 0 Å². The number of benzene rings is 2. The maximum atomic E-state index is 9.33. The van der Waals surface area contributed by atoms with Crippen molar-refractivity contribution >= 4 is 45.7 Å². The Balaban J connectivity index is 0.00000121. The second-order valence-corrected chi connectivity index (χ2v) is 12.6. The van der Waals surface area contributed by atoms with Crippen molar-refractivity contribution in [2.45, 2.75) is 45.3 Å². The molecule has 1 unspecified atom stereocenters. The molecule has 2 N–H and O–H groups in total. The van der Waals surface area contributed by atoms with Crippen LogP contribution in [0.1, 0.15) is 27.2 Å². The minimum absolute atomic E-state index is 0. The summed E-state index contributed by atoms with van der Waals surface area (Å²) in [5.74, 6) is 0. The van der Waals surface area contributed by atoms with Gasteiger partial charge in [-0.2, -0.15) is 0 Å². The molecule has 0 aromatic heterocycles. The molecule has 0 aliphatic carbocycles. The molecule has 1 atom stereocenters. The fourth-order valence-electron chi connectivity index (χ4n) is 4.29. The fraction of sp³-hybridized carbons (Fsp3) is 0.381. The molecule has 3 aromatic carbocycles. The molecule has 1 aliphatic rings. The molecule has 0 bridgehead atoms. The summed E-state index contributed by atoms with van der Waals surface area (Å²) in [5.41, 5.74) is 1.38. The minimum atomic E-state index is -1.56. The van der Waals surface area contributed by atoms with E-state index in [-0.39, 0.29) is 52.1 Å². The molecule has 1 radical (unpaired) electrons. The molecule has 0 spiro atoms. The van der Waals surface area contributed by atoms with Crippen LogP contribution in [0.3, 0.4) is 0 Å². The van der Waals surface area contributed by atoms with Gasteiger partial charge in [0.05, 0.1) is 8.07 Å². The standard InChI is InChI=1S/C21H26NOSi.2ClH.Ti/c1-21(2,3)22-18-13-16-15-9-6-5-8-14(15)12-17(16)19-20(18)24(19,4)11-7-10-23;;;/h5-6,8-9,12-13,22-23H,7,10-11H2,1-4H3;2*1H;/q-1;;;+3/p-2. The number of fused-ring (bicyclic) bond motifs is 5. The van der Waals surface area contributed by atoms with Gasteiger partial charge < -0.3 is 35.2 Å². The summed E-state index contributed by atoms with van der Waals surface area (Å²) in [4.78, 5) is 0. The zero-order chi connectivity index (χ0) is 17.1. The number of anilines is 1. The molecule has 0 amide bonds. The number of aliphatic hydroxyl groups excluding tert-OH is 1. The molecule has 27 heavy (non-hydrogen) atoms. The monoisotopic (exact) mass is 454 g/mol. The second kappa shape index (κ2) is 8.52. The third kappa shape index (κ3) is 4.15. The number of hydrogen-bond acceptors (Lipinski definition) is 2. The predicted octanol–water partition coefficient (Wildman–Crippen LogP) is -2.18. The SMILES string of the molecule is CC(C)(C)Nc1cc2c([cH-]c3ccccc32)c2c1[Si]2(C)CCCO.[Cl-].[Cl-].[Ti+3]. The molecular weight excluding hydrogens is 429 g/mol. The third-order valence-electron chi connectivity index (χ3n) is 5.30. The molecule has 1 heterocycles. The van der Waals surface area contributed by atoms with E-state index in [1.165, 1.54) is 27.2 Å². The number of aliphatic hydroxyl groups is 1. The predicted molar refractivity (Wildman–Crippen MR) is 108 cm³/mol. The van der Waals surface area contributed by atoms with E-state index < -0.39 is 8.07 Å². The first kappa shape index (κ1) is 24.6. The maximum absolute atomic E-state index is 9.33. The summed E-state index contributed by atoms with van der Waals surface area (Å²) in [6.07, 6.45) is 0.911. The Bertz CT molecular complexity index is 951. The number of nitrogens with one attached hydrogen (secondary N) is 1. The normalized spacial score (nSPS) is 17.5. The number of halogens is 2. The van der Waals surface area contributed by atoms with Crippen molar-refractivity contribution in [3.8, 4) is 0 Å². The van der Waals surface area contributed by atoms with Crippen LogP contribution in [0.15, 0.2) is 36.4 Å². The van der Waals surface area contributed by atoms with E-state index in [2.05, 4.69) is 69.0 Å². The largest absolute Gasteiger partial charge is 3.00 e. The molecule has 1 aliphatic heterocycles. The van der Waals surface area contributed by atoms with E-state index in [4.69, 9.17) is 0 Å². The first-order chi connectivity index (χ1) is 11.3. The molecule has 0 saturated carbocycles. The Morgan fingerprint density at radius 3 is 2.37 bits per heavy atom. The van der Waals surface area contributed by atoms with Crippen molar-refractivity contribution in [2.24, 2.45) is 0 Å². The van der Waals surface area contributed by atoms with Crippen LogP contribution in [0.2, 0.25) is 12.6 Å². The van der Waals surface area contributed by atoms with Crippen LogP contribution >= 0.6 is 0 Å². The smallest absolute Gasteiger partial charge is 1.00 e. The third-order valence-corrected chi connectivity index (χ3v) is 9.65. The van der Waals surface area contributed by atoms with Crippen LogP contribution in [0.5, 0.6) is 0 Å². The van der Waals surface area contributed by atoms with Gasteiger partial charge in [0, 0.05) is 17.8 Å². The summed E-state index contributed by atoms with van der Waals surface area (Å²) in [6.45, 7) is 9.44. The maximum Gasteiger partial charge on any atom is 3.00 e. The quantitative estimate of drug-likeness (QED) is 0.347. The first-order valence-electron chi connectivity index (χ1n) is 8.90. The van der Waals surface area contributed by atoms with Gasteiger partial charge in [-0.3, -0.25) is 0 Å². The van der Waals surface area contributed by atoms with Gasteiger partial charge in [-0.15, -0.1) is 38.9 Å². The molecule has 143 valence electrons. The topological polar surface area (TPSA) is 32.3 Å². The summed E-state index contributed by atoms with van der Waals surface area (Å²) in [5, 5.41) is 21.8. The zero-order valence-corrected chi connectivity index (χ0v) is 20.4. The van der Waals surface area contributed by atoms with E-state index in [0.29, 0.717) is 6.61 Å². The molecular formula is C21H26Cl2NOSiTi. The Kier molecular flexibility index (Phi) is 7.77.